The van der Waals surface area contributed by atoms with Gasteiger partial charge in [0.05, 0.1) is 0 Å². The SMILES string of the molecule is CCCCCCCCCCCCCCCCCCOB(CCCCCCCCCCCCCCCCCC)OCCCCCCCCCCCCCCCCCC. The van der Waals surface area contributed by atoms with Gasteiger partial charge in [0.25, 0.3) is 0 Å². The molecule has 0 spiro atoms. The van der Waals surface area contributed by atoms with Crippen LogP contribution in [-0.2, 0) is 9.31 Å². The third kappa shape index (κ3) is 52.1. The van der Waals surface area contributed by atoms with E-state index in [2.05, 4.69) is 20.8 Å². The monoisotopic (exact) mass is 803 g/mol. The highest BCUT2D eigenvalue weighted by Gasteiger charge is 2.17. The number of unbranched alkanes of at least 4 members (excludes halogenated alkanes) is 45. The van der Waals surface area contributed by atoms with Gasteiger partial charge in [-0.2, -0.15) is 0 Å². The van der Waals surface area contributed by atoms with Crippen LogP contribution < -0.4 is 0 Å². The van der Waals surface area contributed by atoms with Crippen molar-refractivity contribution in [2.45, 2.75) is 335 Å². The van der Waals surface area contributed by atoms with Crippen LogP contribution >= 0.6 is 0 Å². The van der Waals surface area contributed by atoms with Gasteiger partial charge < -0.3 is 9.31 Å². The summed E-state index contributed by atoms with van der Waals surface area (Å²) in [5, 5.41) is 0. The molecule has 0 aromatic carbocycles. The van der Waals surface area contributed by atoms with Crippen LogP contribution in [0.1, 0.15) is 329 Å². The molecule has 0 aliphatic carbocycles. The van der Waals surface area contributed by atoms with E-state index in [9.17, 15) is 0 Å². The number of rotatable bonds is 53. The van der Waals surface area contributed by atoms with Gasteiger partial charge in [-0.1, -0.05) is 316 Å². The Kier molecular flexibility index (Phi) is 54.0. The Morgan fingerprint density at radius 2 is 0.351 bits per heavy atom. The molecule has 0 bridgehead atoms. The molecular formula is C54H111BO2. The quantitative estimate of drug-likeness (QED) is 0.0450. The first kappa shape index (κ1) is 57.0. The zero-order chi connectivity index (χ0) is 41.1. The highest BCUT2D eigenvalue weighted by Crippen LogP contribution is 2.18. The average molecular weight is 803 g/mol. The molecule has 0 radical (unpaired) electrons. The van der Waals surface area contributed by atoms with Gasteiger partial charge in [-0.25, -0.2) is 0 Å². The van der Waals surface area contributed by atoms with E-state index in [1.54, 1.807) is 0 Å². The van der Waals surface area contributed by atoms with Gasteiger partial charge in [-0.3, -0.25) is 0 Å². The van der Waals surface area contributed by atoms with Gasteiger partial charge in [-0.15, -0.1) is 0 Å². The van der Waals surface area contributed by atoms with Crippen molar-refractivity contribution in [3.8, 4) is 0 Å². The second kappa shape index (κ2) is 54.0. The first-order valence-electron chi connectivity index (χ1n) is 27.6. The molecule has 0 aromatic heterocycles. The summed E-state index contributed by atoms with van der Waals surface area (Å²) >= 11 is 0. The van der Waals surface area contributed by atoms with Crippen LogP contribution in [0.5, 0.6) is 0 Å². The molecule has 0 aliphatic rings. The van der Waals surface area contributed by atoms with E-state index in [1.165, 1.54) is 308 Å². The van der Waals surface area contributed by atoms with E-state index >= 15 is 0 Å². The summed E-state index contributed by atoms with van der Waals surface area (Å²) in [5.74, 6) is 0. The first-order chi connectivity index (χ1) is 28.3. The van der Waals surface area contributed by atoms with E-state index < -0.39 is 0 Å². The number of hydrogen-bond acceptors (Lipinski definition) is 2. The van der Waals surface area contributed by atoms with Crippen molar-refractivity contribution in [2.75, 3.05) is 13.2 Å². The first-order valence-corrected chi connectivity index (χ1v) is 27.6. The van der Waals surface area contributed by atoms with E-state index in [-0.39, 0.29) is 7.12 Å². The largest absolute Gasteiger partial charge is 0.456 e. The number of hydrogen-bond donors (Lipinski definition) is 0. The van der Waals surface area contributed by atoms with Crippen molar-refractivity contribution < 1.29 is 9.31 Å². The Labute approximate surface area is 363 Å². The Balaban J connectivity index is 3.95. The summed E-state index contributed by atoms with van der Waals surface area (Å²) in [7, 11) is 0.0318. The van der Waals surface area contributed by atoms with Crippen LogP contribution in [0.25, 0.3) is 0 Å². The van der Waals surface area contributed by atoms with Crippen molar-refractivity contribution in [3.05, 3.63) is 0 Å². The third-order valence-electron chi connectivity index (χ3n) is 12.9. The molecule has 0 unspecified atom stereocenters. The Morgan fingerprint density at radius 3 is 0.544 bits per heavy atom. The maximum Gasteiger partial charge on any atom is 0.456 e. The molecule has 0 aliphatic heterocycles. The second-order valence-electron chi connectivity index (χ2n) is 18.9. The lowest BCUT2D eigenvalue weighted by Gasteiger charge is -2.15. The van der Waals surface area contributed by atoms with Crippen molar-refractivity contribution in [1.82, 2.24) is 0 Å². The Morgan fingerprint density at radius 1 is 0.193 bits per heavy atom. The minimum Gasteiger partial charge on any atom is -0.411 e. The lowest BCUT2D eigenvalue weighted by molar-refractivity contribution is 0.188. The predicted octanol–water partition coefficient (Wildman–Crippen LogP) is 20.3. The summed E-state index contributed by atoms with van der Waals surface area (Å²) in [6.45, 7) is 8.71. The zero-order valence-corrected chi connectivity index (χ0v) is 40.5. The van der Waals surface area contributed by atoms with E-state index in [1.807, 2.05) is 0 Å². The standard InChI is InChI=1S/C54H111BO2/c1-4-7-10-13-16-19-22-25-28-31-34-37-40-43-46-49-52-55(56-53-50-47-44-41-38-35-32-29-26-23-20-17-14-11-8-5-2)57-54-51-48-45-42-39-36-33-30-27-24-21-18-15-12-9-6-3/h4-54H2,1-3H3. The Bertz CT molecular complexity index is 632. The molecule has 0 fully saturated rings. The van der Waals surface area contributed by atoms with Gasteiger partial charge >= 0.3 is 7.12 Å². The molecule has 2 nitrogen and oxygen atoms in total. The van der Waals surface area contributed by atoms with Crippen molar-refractivity contribution in [3.63, 3.8) is 0 Å². The third-order valence-corrected chi connectivity index (χ3v) is 12.9. The van der Waals surface area contributed by atoms with Gasteiger partial charge in [0.15, 0.2) is 0 Å². The molecule has 0 saturated carbocycles. The minimum absolute atomic E-state index is 0.0318. The molecule has 0 rings (SSSR count). The molecule has 0 aromatic rings. The summed E-state index contributed by atoms with van der Waals surface area (Å²) in [6.07, 6.45) is 69.3. The molecular weight excluding hydrogens is 691 g/mol. The van der Waals surface area contributed by atoms with Crippen LogP contribution in [-0.4, -0.2) is 20.3 Å². The van der Waals surface area contributed by atoms with Crippen LogP contribution in [0, 0.1) is 0 Å². The fraction of sp³-hybridized carbons (Fsp3) is 1.00. The Hall–Kier alpha value is -0.0151. The maximum atomic E-state index is 6.39. The molecule has 0 amide bonds. The topological polar surface area (TPSA) is 18.5 Å². The van der Waals surface area contributed by atoms with Crippen molar-refractivity contribution in [2.24, 2.45) is 0 Å². The maximum absolute atomic E-state index is 6.39. The fourth-order valence-electron chi connectivity index (χ4n) is 8.80. The highest BCUT2D eigenvalue weighted by atomic mass is 16.6. The molecule has 0 N–H and O–H groups in total. The normalized spacial score (nSPS) is 11.6. The summed E-state index contributed by atoms with van der Waals surface area (Å²) in [6, 6.07) is 0. The molecule has 0 atom stereocenters. The van der Waals surface area contributed by atoms with Gasteiger partial charge in [0, 0.05) is 13.2 Å². The van der Waals surface area contributed by atoms with Gasteiger partial charge in [0.2, 0.25) is 0 Å². The van der Waals surface area contributed by atoms with Crippen LogP contribution in [0.15, 0.2) is 0 Å². The lowest BCUT2D eigenvalue weighted by atomic mass is 9.81. The van der Waals surface area contributed by atoms with Crippen molar-refractivity contribution in [1.29, 1.82) is 0 Å². The second-order valence-corrected chi connectivity index (χ2v) is 18.9. The lowest BCUT2D eigenvalue weighted by Crippen LogP contribution is -2.24. The average Bonchev–Trinajstić information content (AvgIpc) is 3.22. The summed E-state index contributed by atoms with van der Waals surface area (Å²) in [4.78, 5) is 0. The summed E-state index contributed by atoms with van der Waals surface area (Å²) in [5.41, 5.74) is 0. The van der Waals surface area contributed by atoms with Crippen molar-refractivity contribution >= 4 is 7.12 Å². The van der Waals surface area contributed by atoms with E-state index in [0.29, 0.717) is 0 Å². The smallest absolute Gasteiger partial charge is 0.411 e. The van der Waals surface area contributed by atoms with Crippen LogP contribution in [0.3, 0.4) is 0 Å². The molecule has 57 heavy (non-hydrogen) atoms. The predicted molar refractivity (Wildman–Crippen MR) is 261 cm³/mol. The van der Waals surface area contributed by atoms with Crippen LogP contribution in [0.4, 0.5) is 0 Å². The van der Waals surface area contributed by atoms with E-state index in [4.69, 9.17) is 9.31 Å². The summed E-state index contributed by atoms with van der Waals surface area (Å²) < 4.78 is 12.8. The fourth-order valence-corrected chi connectivity index (χ4v) is 8.80. The van der Waals surface area contributed by atoms with E-state index in [0.717, 1.165) is 19.5 Å². The van der Waals surface area contributed by atoms with Crippen LogP contribution in [0.2, 0.25) is 6.32 Å². The van der Waals surface area contributed by atoms with Gasteiger partial charge in [-0.05, 0) is 19.2 Å². The molecule has 0 heterocycles. The molecule has 342 valence electrons. The zero-order valence-electron chi connectivity index (χ0n) is 40.5. The van der Waals surface area contributed by atoms with Gasteiger partial charge in [0.1, 0.15) is 0 Å². The molecule has 3 heteroatoms. The minimum atomic E-state index is 0.0318. The molecule has 0 saturated heterocycles. The highest BCUT2D eigenvalue weighted by molar-refractivity contribution is 6.44.